The van der Waals surface area contributed by atoms with Gasteiger partial charge in [-0.3, -0.25) is 0 Å². The SMILES string of the molecule is COc1cc(/C=N/O)cc(I)c1OC(=O)c1ccccc1. The molecule has 0 saturated carbocycles. The molecule has 2 rings (SSSR count). The number of hydrogen-bond acceptors (Lipinski definition) is 5. The normalized spacial score (nSPS) is 10.6. The maximum absolute atomic E-state index is 12.1. The molecule has 0 radical (unpaired) electrons. The van der Waals surface area contributed by atoms with Crippen molar-refractivity contribution in [3.63, 3.8) is 0 Å². The molecule has 5 nitrogen and oxygen atoms in total. The summed E-state index contributed by atoms with van der Waals surface area (Å²) in [5.74, 6) is 0.263. The topological polar surface area (TPSA) is 68.1 Å². The first-order valence-electron chi connectivity index (χ1n) is 5.98. The molecule has 2 aromatic carbocycles. The summed E-state index contributed by atoms with van der Waals surface area (Å²) in [6.07, 6.45) is 1.27. The van der Waals surface area contributed by atoms with Crippen molar-refractivity contribution in [2.75, 3.05) is 7.11 Å². The highest BCUT2D eigenvalue weighted by molar-refractivity contribution is 14.1. The molecule has 0 amide bonds. The van der Waals surface area contributed by atoms with Crippen molar-refractivity contribution in [3.05, 3.63) is 57.2 Å². The smallest absolute Gasteiger partial charge is 0.343 e. The van der Waals surface area contributed by atoms with Crippen LogP contribution in [0.2, 0.25) is 0 Å². The lowest BCUT2D eigenvalue weighted by Gasteiger charge is -2.12. The van der Waals surface area contributed by atoms with Crippen molar-refractivity contribution in [2.45, 2.75) is 0 Å². The van der Waals surface area contributed by atoms with Crippen molar-refractivity contribution in [3.8, 4) is 11.5 Å². The first kappa shape index (κ1) is 15.3. The molecule has 0 spiro atoms. The summed E-state index contributed by atoms with van der Waals surface area (Å²) >= 11 is 2.03. The number of nitrogens with zero attached hydrogens (tertiary/aromatic N) is 1. The molecule has 2 aromatic rings. The van der Waals surface area contributed by atoms with Gasteiger partial charge in [0, 0.05) is 5.56 Å². The predicted molar refractivity (Wildman–Crippen MR) is 86.5 cm³/mol. The Bertz CT molecular complexity index is 671. The van der Waals surface area contributed by atoms with Crippen LogP contribution < -0.4 is 9.47 Å². The number of benzene rings is 2. The van der Waals surface area contributed by atoms with E-state index < -0.39 is 5.97 Å². The number of oxime groups is 1. The number of ether oxygens (including phenoxy) is 2. The quantitative estimate of drug-likeness (QED) is 0.215. The van der Waals surface area contributed by atoms with E-state index in [1.54, 1.807) is 36.4 Å². The highest BCUT2D eigenvalue weighted by Crippen LogP contribution is 2.34. The minimum atomic E-state index is -0.463. The van der Waals surface area contributed by atoms with E-state index >= 15 is 0 Å². The van der Waals surface area contributed by atoms with E-state index in [-0.39, 0.29) is 0 Å². The monoisotopic (exact) mass is 397 g/mol. The van der Waals surface area contributed by atoms with E-state index in [4.69, 9.17) is 14.7 Å². The summed E-state index contributed by atoms with van der Waals surface area (Å²) in [5.41, 5.74) is 1.09. The molecule has 6 heteroatoms. The van der Waals surface area contributed by atoms with E-state index in [2.05, 4.69) is 5.16 Å². The fraction of sp³-hybridized carbons (Fsp3) is 0.0667. The van der Waals surface area contributed by atoms with Gasteiger partial charge in [-0.15, -0.1) is 0 Å². The second kappa shape index (κ2) is 7.07. The van der Waals surface area contributed by atoms with E-state index in [0.717, 1.165) is 0 Å². The molecule has 0 unspecified atom stereocenters. The molecule has 0 aliphatic heterocycles. The van der Waals surface area contributed by atoms with Crippen molar-refractivity contribution in [2.24, 2.45) is 5.16 Å². The number of carbonyl (C=O) groups is 1. The third-order valence-electron chi connectivity index (χ3n) is 2.66. The number of halogens is 1. The Morgan fingerprint density at radius 1 is 1.29 bits per heavy atom. The van der Waals surface area contributed by atoms with Crippen LogP contribution in [0.3, 0.4) is 0 Å². The number of methoxy groups -OCH3 is 1. The number of hydrogen-bond donors (Lipinski definition) is 1. The molecule has 0 aliphatic rings. The molecule has 0 fully saturated rings. The van der Waals surface area contributed by atoms with E-state index in [1.165, 1.54) is 13.3 Å². The average molecular weight is 397 g/mol. The van der Waals surface area contributed by atoms with Gasteiger partial charge in [-0.1, -0.05) is 23.4 Å². The van der Waals surface area contributed by atoms with Crippen LogP contribution >= 0.6 is 22.6 Å². The minimum Gasteiger partial charge on any atom is -0.493 e. The maximum atomic E-state index is 12.1. The summed E-state index contributed by atoms with van der Waals surface area (Å²) in [4.78, 5) is 12.1. The van der Waals surface area contributed by atoms with Gasteiger partial charge in [0.25, 0.3) is 0 Å². The lowest BCUT2D eigenvalue weighted by atomic mass is 10.2. The third kappa shape index (κ3) is 3.72. The Labute approximate surface area is 135 Å². The molecule has 0 atom stereocenters. The van der Waals surface area contributed by atoms with Gasteiger partial charge < -0.3 is 14.7 Å². The first-order chi connectivity index (χ1) is 10.2. The number of esters is 1. The molecule has 1 N–H and O–H groups in total. The van der Waals surface area contributed by atoms with Gasteiger partial charge in [0.15, 0.2) is 11.5 Å². The zero-order valence-electron chi connectivity index (χ0n) is 11.1. The summed E-state index contributed by atoms with van der Waals surface area (Å²) in [6, 6.07) is 12.0. The predicted octanol–water partition coefficient (Wildman–Crippen LogP) is 3.33. The van der Waals surface area contributed by atoms with E-state index in [0.29, 0.717) is 26.2 Å². The summed E-state index contributed by atoms with van der Waals surface area (Å²) in [7, 11) is 1.48. The van der Waals surface area contributed by atoms with Crippen LogP contribution in [-0.4, -0.2) is 24.5 Å². The third-order valence-corrected chi connectivity index (χ3v) is 3.46. The molecule has 0 bridgehead atoms. The molecule has 0 heterocycles. The van der Waals surface area contributed by atoms with Gasteiger partial charge in [-0.25, -0.2) is 4.79 Å². The highest BCUT2D eigenvalue weighted by atomic mass is 127. The van der Waals surface area contributed by atoms with Gasteiger partial charge in [0.1, 0.15) is 0 Å². The van der Waals surface area contributed by atoms with Crippen molar-refractivity contribution in [1.82, 2.24) is 0 Å². The second-order valence-electron chi connectivity index (χ2n) is 4.03. The Morgan fingerprint density at radius 3 is 2.62 bits per heavy atom. The fourth-order valence-electron chi connectivity index (χ4n) is 1.71. The van der Waals surface area contributed by atoms with Gasteiger partial charge in [-0.2, -0.15) is 0 Å². The van der Waals surface area contributed by atoms with Gasteiger partial charge >= 0.3 is 5.97 Å². The van der Waals surface area contributed by atoms with Crippen molar-refractivity contribution >= 4 is 34.8 Å². The second-order valence-corrected chi connectivity index (χ2v) is 5.20. The van der Waals surface area contributed by atoms with Crippen LogP contribution in [-0.2, 0) is 0 Å². The molecular formula is C15H12INO4. The summed E-state index contributed by atoms with van der Waals surface area (Å²) < 4.78 is 11.3. The number of carbonyl (C=O) groups excluding carboxylic acids is 1. The van der Waals surface area contributed by atoms with Crippen LogP contribution in [0.5, 0.6) is 11.5 Å². The van der Waals surface area contributed by atoms with Crippen molar-refractivity contribution < 1.29 is 19.5 Å². The standard InChI is InChI=1S/C15H12INO4/c1-20-13-8-10(9-17-19)7-12(16)14(13)21-15(18)11-5-3-2-4-6-11/h2-9,19H,1H3/b17-9+. The van der Waals surface area contributed by atoms with Gasteiger partial charge in [0.2, 0.25) is 0 Å². The zero-order chi connectivity index (χ0) is 15.2. The minimum absolute atomic E-state index is 0.335. The van der Waals surface area contributed by atoms with Crippen LogP contribution in [0.15, 0.2) is 47.6 Å². The molecule has 21 heavy (non-hydrogen) atoms. The first-order valence-corrected chi connectivity index (χ1v) is 7.05. The summed E-state index contributed by atoms with van der Waals surface area (Å²) in [6.45, 7) is 0. The lowest BCUT2D eigenvalue weighted by molar-refractivity contribution is 0.0728. The maximum Gasteiger partial charge on any atom is 0.343 e. The highest BCUT2D eigenvalue weighted by Gasteiger charge is 2.16. The van der Waals surface area contributed by atoms with Gasteiger partial charge in [0.05, 0.1) is 22.5 Å². The Morgan fingerprint density at radius 2 is 2.00 bits per heavy atom. The zero-order valence-corrected chi connectivity index (χ0v) is 13.3. The largest absolute Gasteiger partial charge is 0.493 e. The van der Waals surface area contributed by atoms with Crippen LogP contribution in [0, 0.1) is 3.57 Å². The van der Waals surface area contributed by atoms with E-state index in [1.807, 2.05) is 28.7 Å². The van der Waals surface area contributed by atoms with Crippen LogP contribution in [0.4, 0.5) is 0 Å². The Hall–Kier alpha value is -2.09. The molecule has 0 aliphatic carbocycles. The molecule has 0 saturated heterocycles. The fourth-order valence-corrected chi connectivity index (χ4v) is 2.44. The Balaban J connectivity index is 2.33. The molecular weight excluding hydrogens is 385 g/mol. The van der Waals surface area contributed by atoms with Gasteiger partial charge in [-0.05, 0) is 46.9 Å². The van der Waals surface area contributed by atoms with Crippen LogP contribution in [0.25, 0.3) is 0 Å². The Kier molecular flexibility index (Phi) is 5.15. The summed E-state index contributed by atoms with van der Waals surface area (Å²) in [5, 5.41) is 11.5. The molecule has 0 aromatic heterocycles. The van der Waals surface area contributed by atoms with Crippen molar-refractivity contribution in [1.29, 1.82) is 0 Å². The molecule has 108 valence electrons. The van der Waals surface area contributed by atoms with Crippen LogP contribution in [0.1, 0.15) is 15.9 Å². The number of rotatable bonds is 4. The lowest BCUT2D eigenvalue weighted by Crippen LogP contribution is -2.10. The average Bonchev–Trinajstić information content (AvgIpc) is 2.50. The van der Waals surface area contributed by atoms with E-state index in [9.17, 15) is 4.79 Å².